The van der Waals surface area contributed by atoms with Crippen LogP contribution >= 0.6 is 0 Å². The van der Waals surface area contributed by atoms with E-state index in [1.807, 2.05) is 6.07 Å². The molecule has 0 radical (unpaired) electrons. The summed E-state index contributed by atoms with van der Waals surface area (Å²) in [5.41, 5.74) is 0. The molecule has 0 saturated carbocycles. The summed E-state index contributed by atoms with van der Waals surface area (Å²) >= 11 is 0. The maximum atomic E-state index is 10.8. The first-order chi connectivity index (χ1) is 9.24. The van der Waals surface area contributed by atoms with Crippen LogP contribution in [0.5, 0.6) is 0 Å². The summed E-state index contributed by atoms with van der Waals surface area (Å²) in [4.78, 5) is 19.2. The third kappa shape index (κ3) is 2.53. The molecular formula is C13H18N4O2. The largest absolute Gasteiger partial charge is 0.365 e. The van der Waals surface area contributed by atoms with Crippen LogP contribution in [0.25, 0.3) is 0 Å². The zero-order valence-electron chi connectivity index (χ0n) is 10.9. The van der Waals surface area contributed by atoms with Crippen molar-refractivity contribution in [1.82, 2.24) is 9.88 Å². The number of likely N-dealkylation sites (tertiary alicyclic amines) is 1. The molecule has 2 saturated heterocycles. The van der Waals surface area contributed by atoms with Gasteiger partial charge in [0.05, 0.1) is 0 Å². The van der Waals surface area contributed by atoms with Gasteiger partial charge in [0.2, 0.25) is 5.82 Å². The summed E-state index contributed by atoms with van der Waals surface area (Å²) in [6.07, 6.45) is 3.72. The number of nitrogens with zero attached hydrogens (tertiary/aromatic N) is 4. The van der Waals surface area contributed by atoms with E-state index in [-0.39, 0.29) is 5.82 Å². The standard InChI is InChI=1S/C13H18N4O2/c18-17(19)13-5-3-4-12(14-13)16-9-6-11(10-16)15-7-1-2-8-15/h3-5,11H,1-2,6-10H2. The van der Waals surface area contributed by atoms with E-state index in [0.717, 1.165) is 25.3 Å². The molecule has 0 spiro atoms. The average Bonchev–Trinajstić information content (AvgIpc) is 3.09. The molecule has 2 aliphatic heterocycles. The molecule has 3 heterocycles. The molecule has 6 heteroatoms. The maximum absolute atomic E-state index is 10.8. The Morgan fingerprint density at radius 1 is 1.26 bits per heavy atom. The van der Waals surface area contributed by atoms with Gasteiger partial charge in [-0.15, -0.1) is 0 Å². The van der Waals surface area contributed by atoms with Gasteiger partial charge in [-0.05, 0) is 48.3 Å². The zero-order valence-corrected chi connectivity index (χ0v) is 10.9. The second kappa shape index (κ2) is 5.13. The van der Waals surface area contributed by atoms with Gasteiger partial charge in [-0.2, -0.15) is 0 Å². The SMILES string of the molecule is O=[N+]([O-])c1cccc(N2CCC(N3CCCC3)C2)n1. The van der Waals surface area contributed by atoms with E-state index >= 15 is 0 Å². The number of aromatic nitrogens is 1. The highest BCUT2D eigenvalue weighted by molar-refractivity contribution is 5.43. The number of hydrogen-bond donors (Lipinski definition) is 0. The second-order valence-corrected chi connectivity index (χ2v) is 5.24. The van der Waals surface area contributed by atoms with Crippen molar-refractivity contribution in [2.75, 3.05) is 31.1 Å². The molecule has 0 aromatic carbocycles. The molecule has 19 heavy (non-hydrogen) atoms. The maximum Gasteiger partial charge on any atom is 0.365 e. The fourth-order valence-corrected chi connectivity index (χ4v) is 3.04. The predicted molar refractivity (Wildman–Crippen MR) is 72.3 cm³/mol. The highest BCUT2D eigenvalue weighted by atomic mass is 16.6. The molecule has 102 valence electrons. The van der Waals surface area contributed by atoms with Crippen LogP contribution in [0.15, 0.2) is 18.2 Å². The Morgan fingerprint density at radius 3 is 2.79 bits per heavy atom. The molecule has 6 nitrogen and oxygen atoms in total. The van der Waals surface area contributed by atoms with E-state index in [1.165, 1.54) is 32.0 Å². The molecule has 3 rings (SSSR count). The first-order valence-corrected chi connectivity index (χ1v) is 6.84. The second-order valence-electron chi connectivity index (χ2n) is 5.24. The van der Waals surface area contributed by atoms with Crippen molar-refractivity contribution in [2.45, 2.75) is 25.3 Å². The van der Waals surface area contributed by atoms with Crippen LogP contribution in [0.3, 0.4) is 0 Å². The smallest absolute Gasteiger partial charge is 0.358 e. The Balaban J connectivity index is 1.70. The minimum Gasteiger partial charge on any atom is -0.358 e. The molecular weight excluding hydrogens is 244 g/mol. The monoisotopic (exact) mass is 262 g/mol. The summed E-state index contributed by atoms with van der Waals surface area (Å²) in [5, 5.41) is 10.8. The quantitative estimate of drug-likeness (QED) is 0.612. The Bertz CT molecular complexity index is 473. The summed E-state index contributed by atoms with van der Waals surface area (Å²) < 4.78 is 0. The van der Waals surface area contributed by atoms with E-state index < -0.39 is 4.92 Å². The molecule has 1 unspecified atom stereocenters. The Labute approximate surface area is 112 Å². The Morgan fingerprint density at radius 2 is 2.05 bits per heavy atom. The van der Waals surface area contributed by atoms with Crippen LogP contribution in [-0.4, -0.2) is 47.0 Å². The lowest BCUT2D eigenvalue weighted by Gasteiger charge is -2.23. The van der Waals surface area contributed by atoms with Crippen molar-refractivity contribution in [3.63, 3.8) is 0 Å². The van der Waals surface area contributed by atoms with Crippen molar-refractivity contribution in [3.05, 3.63) is 28.3 Å². The Kier molecular flexibility index (Phi) is 3.33. The number of rotatable bonds is 3. The van der Waals surface area contributed by atoms with Gasteiger partial charge in [0.15, 0.2) is 0 Å². The fourth-order valence-electron chi connectivity index (χ4n) is 3.04. The van der Waals surface area contributed by atoms with Crippen molar-refractivity contribution in [2.24, 2.45) is 0 Å². The molecule has 1 aromatic rings. The van der Waals surface area contributed by atoms with E-state index in [9.17, 15) is 10.1 Å². The fraction of sp³-hybridized carbons (Fsp3) is 0.615. The molecule has 2 fully saturated rings. The first-order valence-electron chi connectivity index (χ1n) is 6.84. The van der Waals surface area contributed by atoms with Crippen LogP contribution in [0, 0.1) is 10.1 Å². The zero-order chi connectivity index (χ0) is 13.2. The van der Waals surface area contributed by atoms with Crippen LogP contribution in [-0.2, 0) is 0 Å². The molecule has 0 bridgehead atoms. The summed E-state index contributed by atoms with van der Waals surface area (Å²) in [6, 6.07) is 5.60. The summed E-state index contributed by atoms with van der Waals surface area (Å²) in [7, 11) is 0. The topological polar surface area (TPSA) is 62.5 Å². The van der Waals surface area contributed by atoms with Crippen LogP contribution < -0.4 is 4.90 Å². The number of hydrogen-bond acceptors (Lipinski definition) is 5. The van der Waals surface area contributed by atoms with Gasteiger partial charge in [0, 0.05) is 31.3 Å². The normalized spacial score (nSPS) is 24.0. The van der Waals surface area contributed by atoms with Crippen molar-refractivity contribution in [3.8, 4) is 0 Å². The first kappa shape index (κ1) is 12.3. The van der Waals surface area contributed by atoms with E-state index in [0.29, 0.717) is 6.04 Å². The van der Waals surface area contributed by atoms with Gasteiger partial charge >= 0.3 is 5.82 Å². The molecule has 0 amide bonds. The highest BCUT2D eigenvalue weighted by Crippen LogP contribution is 2.25. The van der Waals surface area contributed by atoms with Crippen LogP contribution in [0.1, 0.15) is 19.3 Å². The molecule has 1 aromatic heterocycles. The van der Waals surface area contributed by atoms with Crippen LogP contribution in [0.4, 0.5) is 11.6 Å². The van der Waals surface area contributed by atoms with Crippen LogP contribution in [0.2, 0.25) is 0 Å². The summed E-state index contributed by atoms with van der Waals surface area (Å²) in [6.45, 7) is 4.27. The van der Waals surface area contributed by atoms with Gasteiger partial charge < -0.3 is 15.0 Å². The summed E-state index contributed by atoms with van der Waals surface area (Å²) in [5.74, 6) is 0.665. The van der Waals surface area contributed by atoms with Gasteiger partial charge in [-0.25, -0.2) is 0 Å². The van der Waals surface area contributed by atoms with E-state index in [4.69, 9.17) is 0 Å². The lowest BCUT2D eigenvalue weighted by atomic mass is 10.2. The average molecular weight is 262 g/mol. The number of anilines is 1. The lowest BCUT2D eigenvalue weighted by molar-refractivity contribution is -0.389. The van der Waals surface area contributed by atoms with Gasteiger partial charge in [-0.3, -0.25) is 4.90 Å². The third-order valence-corrected chi connectivity index (χ3v) is 4.05. The van der Waals surface area contributed by atoms with Crippen molar-refractivity contribution in [1.29, 1.82) is 0 Å². The lowest BCUT2D eigenvalue weighted by Crippen LogP contribution is -2.35. The van der Waals surface area contributed by atoms with Gasteiger partial charge in [0.1, 0.15) is 0 Å². The van der Waals surface area contributed by atoms with Gasteiger partial charge in [-0.1, -0.05) is 0 Å². The predicted octanol–water partition coefficient (Wildman–Crippen LogP) is 1.66. The number of nitro groups is 1. The molecule has 0 aliphatic carbocycles. The highest BCUT2D eigenvalue weighted by Gasteiger charge is 2.31. The van der Waals surface area contributed by atoms with E-state index in [1.54, 1.807) is 6.07 Å². The van der Waals surface area contributed by atoms with Gasteiger partial charge in [0.25, 0.3) is 0 Å². The Hall–Kier alpha value is -1.69. The molecule has 1 atom stereocenters. The van der Waals surface area contributed by atoms with E-state index in [2.05, 4.69) is 14.8 Å². The minimum absolute atomic E-state index is 0.0675. The molecule has 2 aliphatic rings. The molecule has 0 N–H and O–H groups in total. The number of pyridine rings is 1. The third-order valence-electron chi connectivity index (χ3n) is 4.05. The van der Waals surface area contributed by atoms with Crippen molar-refractivity contribution >= 4 is 11.6 Å². The minimum atomic E-state index is -0.433. The van der Waals surface area contributed by atoms with Crippen molar-refractivity contribution < 1.29 is 4.92 Å².